The Hall–Kier alpha value is -7.69. The van der Waals surface area contributed by atoms with E-state index in [4.69, 9.17) is 0 Å². The molecule has 1 aliphatic heterocycles. The van der Waals surface area contributed by atoms with Crippen LogP contribution in [0.25, 0.3) is 75.1 Å². The Labute approximate surface area is 398 Å². The molecule has 1 nitrogen and oxygen atoms in total. The maximum atomic E-state index is 2.50. The molecule has 2 heterocycles. The van der Waals surface area contributed by atoms with Crippen LogP contribution in [0, 0.1) is 6.92 Å². The molecule has 1 aliphatic carbocycles. The number of thiophene rings is 1. The van der Waals surface area contributed by atoms with Crippen molar-refractivity contribution in [1.29, 1.82) is 0 Å². The number of benzene rings is 11. The van der Waals surface area contributed by atoms with Crippen molar-refractivity contribution in [3.63, 3.8) is 0 Å². The van der Waals surface area contributed by atoms with Gasteiger partial charge in [-0.1, -0.05) is 176 Å². The highest BCUT2D eigenvalue weighted by molar-refractivity contribution is 7.99. The summed E-state index contributed by atoms with van der Waals surface area (Å²) in [4.78, 5) is 6.36. The average Bonchev–Trinajstić information content (AvgIpc) is 3.94. The molecular weight excluding hydrogens is 847 g/mol. The lowest BCUT2D eigenvalue weighted by Crippen LogP contribution is -2.32. The molecule has 0 saturated carbocycles. The lowest BCUT2D eigenvalue weighted by molar-refractivity contribution is 0.722. The number of hydrogen-bond donors (Lipinski definition) is 0. The van der Waals surface area contributed by atoms with Crippen LogP contribution >= 0.6 is 23.1 Å². The van der Waals surface area contributed by atoms with Crippen LogP contribution < -0.4 is 4.90 Å². The van der Waals surface area contributed by atoms with E-state index in [9.17, 15) is 0 Å². The van der Waals surface area contributed by atoms with Crippen LogP contribution in [0.2, 0.25) is 0 Å². The number of anilines is 3. The minimum Gasteiger partial charge on any atom is -0.310 e. The van der Waals surface area contributed by atoms with Crippen molar-refractivity contribution in [3.05, 3.63) is 258 Å². The third kappa shape index (κ3) is 5.82. The normalized spacial score (nSPS) is 13.2. The smallest absolute Gasteiger partial charge is 0.0736 e. The van der Waals surface area contributed by atoms with Crippen LogP contribution in [0.5, 0.6) is 0 Å². The molecule has 14 rings (SSSR count). The third-order valence-corrected chi connectivity index (χ3v) is 16.7. The zero-order valence-electron chi connectivity index (χ0n) is 36.7. The van der Waals surface area contributed by atoms with Gasteiger partial charge in [-0.25, -0.2) is 0 Å². The number of aryl methyl sites for hydroxylation is 1. The van der Waals surface area contributed by atoms with E-state index < -0.39 is 5.41 Å². The third-order valence-electron chi connectivity index (χ3n) is 14.4. The Morgan fingerprint density at radius 2 is 0.925 bits per heavy atom. The summed E-state index contributed by atoms with van der Waals surface area (Å²) in [6.45, 7) is 2.17. The zero-order chi connectivity index (χ0) is 44.2. The van der Waals surface area contributed by atoms with Crippen molar-refractivity contribution in [3.8, 4) is 32.7 Å². The second kappa shape index (κ2) is 14.9. The first kappa shape index (κ1) is 38.6. The molecule has 1 spiro atoms. The van der Waals surface area contributed by atoms with E-state index in [1.807, 2.05) is 23.1 Å². The standard InChI is InChI=1S/C64H41NS2/c1-40-25-26-44-38-63(67-62(44)35-40)41-27-30-45(31-28-41)65(46-14-12-13-42(36-46)43-29-33-52-50-17-3-2-15-48(50)49-16-4-5-18-51(49)55(52)37-43)47-32-34-54-53-19-6-7-20-56(53)64(59(54)39-47)57-21-8-10-23-60(57)66-61-24-11-9-22-58(61)64/h2-39H,1H3. The van der Waals surface area contributed by atoms with E-state index in [2.05, 4.69) is 242 Å². The highest BCUT2D eigenvalue weighted by Crippen LogP contribution is 2.62. The van der Waals surface area contributed by atoms with Gasteiger partial charge in [0.15, 0.2) is 0 Å². The van der Waals surface area contributed by atoms with Gasteiger partial charge in [-0.2, -0.15) is 0 Å². The molecule has 1 aromatic heterocycles. The van der Waals surface area contributed by atoms with Crippen LogP contribution in [-0.2, 0) is 5.41 Å². The van der Waals surface area contributed by atoms with Crippen LogP contribution in [-0.4, -0.2) is 0 Å². The summed E-state index contributed by atoms with van der Waals surface area (Å²) < 4.78 is 1.32. The summed E-state index contributed by atoms with van der Waals surface area (Å²) in [6.07, 6.45) is 0. The van der Waals surface area contributed by atoms with Gasteiger partial charge in [0.25, 0.3) is 0 Å². The van der Waals surface area contributed by atoms with Crippen molar-refractivity contribution < 1.29 is 0 Å². The fraction of sp³-hybridized carbons (Fsp3) is 0.0312. The second-order valence-corrected chi connectivity index (χ2v) is 20.2. The van der Waals surface area contributed by atoms with Gasteiger partial charge in [0.1, 0.15) is 0 Å². The summed E-state index contributed by atoms with van der Waals surface area (Å²) >= 11 is 3.76. The minimum absolute atomic E-state index is 0.477. The van der Waals surface area contributed by atoms with Gasteiger partial charge in [0.2, 0.25) is 0 Å². The molecule has 0 unspecified atom stereocenters. The summed E-state index contributed by atoms with van der Waals surface area (Å²) in [7, 11) is 0. The van der Waals surface area contributed by atoms with Crippen molar-refractivity contribution in [2.45, 2.75) is 22.1 Å². The van der Waals surface area contributed by atoms with E-state index in [1.165, 1.54) is 113 Å². The van der Waals surface area contributed by atoms with Crippen LogP contribution in [0.15, 0.2) is 240 Å². The lowest BCUT2D eigenvalue weighted by Gasteiger charge is -2.40. The van der Waals surface area contributed by atoms with Gasteiger partial charge in [-0.3, -0.25) is 0 Å². The molecular formula is C64H41NS2. The number of rotatable bonds is 5. The van der Waals surface area contributed by atoms with Crippen molar-refractivity contribution >= 4 is 82.6 Å². The van der Waals surface area contributed by atoms with E-state index in [0.717, 1.165) is 17.1 Å². The molecule has 0 fully saturated rings. The van der Waals surface area contributed by atoms with Crippen molar-refractivity contribution in [2.75, 3.05) is 4.90 Å². The minimum atomic E-state index is -0.477. The Balaban J connectivity index is 0.972. The fourth-order valence-corrected chi connectivity index (χ4v) is 13.8. The molecule has 67 heavy (non-hydrogen) atoms. The quantitative estimate of drug-likeness (QED) is 0.158. The second-order valence-electron chi connectivity index (χ2n) is 18.1. The molecule has 12 aromatic rings. The van der Waals surface area contributed by atoms with Gasteiger partial charge in [-0.05, 0) is 167 Å². The molecule has 11 aromatic carbocycles. The Kier molecular flexibility index (Phi) is 8.59. The number of hydrogen-bond acceptors (Lipinski definition) is 3. The van der Waals surface area contributed by atoms with Gasteiger partial charge in [0, 0.05) is 36.4 Å². The Morgan fingerprint density at radius 3 is 1.66 bits per heavy atom. The van der Waals surface area contributed by atoms with Crippen LogP contribution in [0.1, 0.15) is 27.8 Å². The molecule has 3 heteroatoms. The largest absolute Gasteiger partial charge is 0.310 e. The summed E-state index contributed by atoms with van der Waals surface area (Å²) in [5, 5.41) is 8.99. The number of nitrogens with zero attached hydrogens (tertiary/aromatic N) is 1. The summed E-state index contributed by atoms with van der Waals surface area (Å²) in [5.41, 5.74) is 15.7. The average molecular weight is 888 g/mol. The van der Waals surface area contributed by atoms with E-state index >= 15 is 0 Å². The van der Waals surface area contributed by atoms with Gasteiger partial charge < -0.3 is 4.90 Å². The SMILES string of the molecule is Cc1ccc2cc(-c3ccc(N(c4cccc(-c5ccc6c7ccccc7c7ccccc7c6c5)c4)c4ccc5c(c4)C4(c6ccccc6Sc6ccccc64)c4ccccc4-5)cc3)sc2c1. The maximum absolute atomic E-state index is 2.50. The predicted octanol–water partition coefficient (Wildman–Crippen LogP) is 18.3. The van der Waals surface area contributed by atoms with E-state index in [-0.39, 0.29) is 0 Å². The highest BCUT2D eigenvalue weighted by atomic mass is 32.2. The van der Waals surface area contributed by atoms with E-state index in [0.29, 0.717) is 0 Å². The first-order chi connectivity index (χ1) is 33.1. The van der Waals surface area contributed by atoms with Crippen molar-refractivity contribution in [2.24, 2.45) is 0 Å². The van der Waals surface area contributed by atoms with Gasteiger partial charge in [-0.15, -0.1) is 11.3 Å². The molecule has 0 bridgehead atoms. The Morgan fingerprint density at radius 1 is 0.358 bits per heavy atom. The van der Waals surface area contributed by atoms with E-state index in [1.54, 1.807) is 0 Å². The molecule has 2 aliphatic rings. The fourth-order valence-electron chi connectivity index (χ4n) is 11.4. The Bertz CT molecular complexity index is 3910. The molecule has 0 amide bonds. The van der Waals surface area contributed by atoms with Gasteiger partial charge in [0.05, 0.1) is 5.41 Å². The van der Waals surface area contributed by atoms with Crippen LogP contribution in [0.4, 0.5) is 17.1 Å². The molecule has 0 radical (unpaired) electrons. The summed E-state index contributed by atoms with van der Waals surface area (Å²) in [6, 6.07) is 86.6. The number of fused-ring (bicyclic) bond motifs is 16. The summed E-state index contributed by atoms with van der Waals surface area (Å²) in [5.74, 6) is 0. The first-order valence-electron chi connectivity index (χ1n) is 23.1. The monoisotopic (exact) mass is 887 g/mol. The lowest BCUT2D eigenvalue weighted by atomic mass is 9.67. The molecule has 0 atom stereocenters. The van der Waals surface area contributed by atoms with Crippen molar-refractivity contribution in [1.82, 2.24) is 0 Å². The predicted molar refractivity (Wildman–Crippen MR) is 286 cm³/mol. The maximum Gasteiger partial charge on any atom is 0.0736 e. The molecule has 0 saturated heterocycles. The van der Waals surface area contributed by atoms with Gasteiger partial charge >= 0.3 is 0 Å². The molecule has 0 N–H and O–H groups in total. The topological polar surface area (TPSA) is 3.24 Å². The molecule has 314 valence electrons. The zero-order valence-corrected chi connectivity index (χ0v) is 38.3. The first-order valence-corrected chi connectivity index (χ1v) is 24.7. The van der Waals surface area contributed by atoms with Crippen LogP contribution in [0.3, 0.4) is 0 Å². The highest BCUT2D eigenvalue weighted by Gasteiger charge is 2.50.